The van der Waals surface area contributed by atoms with E-state index in [2.05, 4.69) is 41.3 Å². The Morgan fingerprint density at radius 1 is 1.45 bits per heavy atom. The molecule has 1 fully saturated rings. The van der Waals surface area contributed by atoms with Crippen molar-refractivity contribution in [2.24, 2.45) is 5.92 Å². The molecule has 1 aliphatic heterocycles. The first-order valence-electron chi connectivity index (χ1n) is 8.15. The average Bonchev–Trinajstić information content (AvgIpc) is 2.94. The first-order valence-corrected chi connectivity index (χ1v) is 8.15. The highest BCUT2D eigenvalue weighted by atomic mass is 16.5. The number of nitrogens with zero attached hydrogens (tertiary/aromatic N) is 1. The van der Waals surface area contributed by atoms with Crippen LogP contribution in [0.3, 0.4) is 0 Å². The molecule has 0 radical (unpaired) electrons. The quantitative estimate of drug-likeness (QED) is 0.914. The van der Waals surface area contributed by atoms with Gasteiger partial charge in [0.05, 0.1) is 0 Å². The molecule has 2 aliphatic rings. The van der Waals surface area contributed by atoms with Crippen LogP contribution < -0.4 is 0 Å². The molecule has 0 amide bonds. The summed E-state index contributed by atoms with van der Waals surface area (Å²) >= 11 is 0. The summed E-state index contributed by atoms with van der Waals surface area (Å²) in [4.78, 5) is 5.84. The zero-order valence-electron chi connectivity index (χ0n) is 13.3. The Balaban J connectivity index is 1.89. The molecule has 4 heteroatoms. The number of rotatable bonds is 3. The van der Waals surface area contributed by atoms with E-state index in [4.69, 9.17) is 4.74 Å². The third-order valence-corrected chi connectivity index (χ3v) is 5.77. The van der Waals surface area contributed by atoms with E-state index in [9.17, 15) is 5.11 Å². The number of fused-ring (bicyclic) bond motifs is 2. The fourth-order valence-corrected chi connectivity index (χ4v) is 4.81. The number of aliphatic hydroxyl groups excluding tert-OH is 1. The van der Waals surface area contributed by atoms with Gasteiger partial charge in [0.25, 0.3) is 0 Å². The molecule has 2 aromatic rings. The molecule has 1 saturated heterocycles. The van der Waals surface area contributed by atoms with Gasteiger partial charge < -0.3 is 14.8 Å². The standard InChI is InChI=1S/C18H24N2O2/c1-20-11-12(6-7-21)9-18(22-2)14-4-3-5-15-17(14)13(10-19-15)8-16(18)20/h3-5,10,12,16,19,21H,6-9,11H2,1-2H3/t12-,16-,18+/m1/s1. The summed E-state index contributed by atoms with van der Waals surface area (Å²) in [5, 5.41) is 10.7. The van der Waals surface area contributed by atoms with Crippen LogP contribution >= 0.6 is 0 Å². The highest BCUT2D eigenvalue weighted by Gasteiger charge is 2.51. The Kier molecular flexibility index (Phi) is 3.29. The number of nitrogens with one attached hydrogen (secondary N) is 1. The number of aromatic amines is 1. The predicted molar refractivity (Wildman–Crippen MR) is 86.9 cm³/mol. The highest BCUT2D eigenvalue weighted by Crippen LogP contribution is 2.49. The fourth-order valence-electron chi connectivity index (χ4n) is 4.81. The molecule has 1 aromatic carbocycles. The van der Waals surface area contributed by atoms with Gasteiger partial charge in [-0.1, -0.05) is 12.1 Å². The number of H-pyrrole nitrogens is 1. The molecular weight excluding hydrogens is 276 g/mol. The van der Waals surface area contributed by atoms with Crippen molar-refractivity contribution in [3.63, 3.8) is 0 Å². The number of hydrogen-bond acceptors (Lipinski definition) is 3. The van der Waals surface area contributed by atoms with Gasteiger partial charge in [0.2, 0.25) is 0 Å². The van der Waals surface area contributed by atoms with E-state index in [1.807, 2.05) is 7.11 Å². The lowest BCUT2D eigenvalue weighted by Crippen LogP contribution is -2.59. The van der Waals surface area contributed by atoms with E-state index < -0.39 is 0 Å². The second-order valence-corrected chi connectivity index (χ2v) is 6.88. The molecule has 0 bridgehead atoms. The number of aromatic nitrogens is 1. The maximum absolute atomic E-state index is 9.37. The summed E-state index contributed by atoms with van der Waals surface area (Å²) in [6.45, 7) is 1.29. The molecule has 4 nitrogen and oxygen atoms in total. The number of likely N-dealkylation sites (tertiary alicyclic amines) is 1. The second-order valence-electron chi connectivity index (χ2n) is 6.88. The fraction of sp³-hybridized carbons (Fsp3) is 0.556. The number of likely N-dealkylation sites (N-methyl/N-ethyl adjacent to an activating group) is 1. The molecule has 1 aromatic heterocycles. The topological polar surface area (TPSA) is 48.5 Å². The Bertz CT molecular complexity index is 695. The number of ether oxygens (including phenoxy) is 1. The number of methoxy groups -OCH3 is 1. The zero-order chi connectivity index (χ0) is 15.3. The van der Waals surface area contributed by atoms with Crippen molar-refractivity contribution < 1.29 is 9.84 Å². The lowest BCUT2D eigenvalue weighted by Gasteiger charge is -2.53. The Hall–Kier alpha value is -1.36. The molecule has 118 valence electrons. The summed E-state index contributed by atoms with van der Waals surface area (Å²) in [5.74, 6) is 0.474. The van der Waals surface area contributed by atoms with Crippen molar-refractivity contribution in [3.8, 4) is 0 Å². The SMILES string of the molecule is CO[C@]12C[C@@H](CCO)CN(C)[C@@H]1Cc1c[nH]c3cccc2c13. The first-order chi connectivity index (χ1) is 10.7. The predicted octanol–water partition coefficient (Wildman–Crippen LogP) is 2.27. The Morgan fingerprint density at radius 3 is 3.09 bits per heavy atom. The molecule has 2 heterocycles. The van der Waals surface area contributed by atoms with Crippen LogP contribution in [-0.4, -0.2) is 48.3 Å². The van der Waals surface area contributed by atoms with E-state index >= 15 is 0 Å². The van der Waals surface area contributed by atoms with E-state index in [1.54, 1.807) is 0 Å². The Morgan fingerprint density at radius 2 is 2.32 bits per heavy atom. The molecular formula is C18H24N2O2. The van der Waals surface area contributed by atoms with Gasteiger partial charge in [0.15, 0.2) is 0 Å². The van der Waals surface area contributed by atoms with Crippen LogP contribution in [0.5, 0.6) is 0 Å². The summed E-state index contributed by atoms with van der Waals surface area (Å²) in [7, 11) is 4.04. The van der Waals surface area contributed by atoms with Gasteiger partial charge >= 0.3 is 0 Å². The largest absolute Gasteiger partial charge is 0.396 e. The van der Waals surface area contributed by atoms with Gasteiger partial charge in [0.1, 0.15) is 5.60 Å². The Labute approximate surface area is 131 Å². The van der Waals surface area contributed by atoms with Gasteiger partial charge in [0, 0.05) is 43.4 Å². The van der Waals surface area contributed by atoms with E-state index in [1.165, 1.54) is 22.0 Å². The number of benzene rings is 1. The van der Waals surface area contributed by atoms with E-state index in [0.29, 0.717) is 12.0 Å². The van der Waals surface area contributed by atoms with Crippen LogP contribution in [0.4, 0.5) is 0 Å². The lowest BCUT2D eigenvalue weighted by atomic mass is 9.68. The average molecular weight is 300 g/mol. The smallest absolute Gasteiger partial charge is 0.109 e. The molecule has 1 aliphatic carbocycles. The van der Waals surface area contributed by atoms with Crippen LogP contribution in [0.15, 0.2) is 24.4 Å². The molecule has 4 rings (SSSR count). The van der Waals surface area contributed by atoms with Gasteiger partial charge in [-0.05, 0) is 49.4 Å². The van der Waals surface area contributed by atoms with Crippen molar-refractivity contribution in [1.29, 1.82) is 0 Å². The van der Waals surface area contributed by atoms with Gasteiger partial charge in [-0.2, -0.15) is 0 Å². The van der Waals surface area contributed by atoms with Crippen molar-refractivity contribution in [2.75, 3.05) is 27.3 Å². The van der Waals surface area contributed by atoms with Gasteiger partial charge in [-0.3, -0.25) is 4.90 Å². The van der Waals surface area contributed by atoms with Gasteiger partial charge in [-0.25, -0.2) is 0 Å². The van der Waals surface area contributed by atoms with Gasteiger partial charge in [-0.15, -0.1) is 0 Å². The normalized spacial score (nSPS) is 31.4. The maximum Gasteiger partial charge on any atom is 0.109 e. The number of hydrogen-bond donors (Lipinski definition) is 2. The van der Waals surface area contributed by atoms with Crippen molar-refractivity contribution in [1.82, 2.24) is 9.88 Å². The van der Waals surface area contributed by atoms with Crippen LogP contribution in [0, 0.1) is 5.92 Å². The monoisotopic (exact) mass is 300 g/mol. The first kappa shape index (κ1) is 14.2. The van der Waals surface area contributed by atoms with Crippen molar-refractivity contribution >= 4 is 10.9 Å². The molecule has 22 heavy (non-hydrogen) atoms. The second kappa shape index (κ2) is 5.08. The van der Waals surface area contributed by atoms with Crippen LogP contribution in [-0.2, 0) is 16.8 Å². The number of aliphatic hydroxyl groups is 1. The lowest BCUT2D eigenvalue weighted by molar-refractivity contribution is -0.127. The maximum atomic E-state index is 9.37. The minimum Gasteiger partial charge on any atom is -0.396 e. The zero-order valence-corrected chi connectivity index (χ0v) is 13.3. The third-order valence-electron chi connectivity index (χ3n) is 5.77. The summed E-state index contributed by atoms with van der Waals surface area (Å²) < 4.78 is 6.21. The third kappa shape index (κ3) is 1.81. The van der Waals surface area contributed by atoms with Crippen LogP contribution in [0.2, 0.25) is 0 Å². The van der Waals surface area contributed by atoms with Crippen LogP contribution in [0.25, 0.3) is 10.9 Å². The molecule has 0 spiro atoms. The molecule has 2 N–H and O–H groups in total. The molecule has 0 saturated carbocycles. The van der Waals surface area contributed by atoms with Crippen molar-refractivity contribution in [2.45, 2.75) is 30.9 Å². The van der Waals surface area contributed by atoms with Crippen LogP contribution in [0.1, 0.15) is 24.0 Å². The van der Waals surface area contributed by atoms with Crippen molar-refractivity contribution in [3.05, 3.63) is 35.5 Å². The summed E-state index contributed by atoms with van der Waals surface area (Å²) in [6.07, 6.45) is 5.01. The highest BCUT2D eigenvalue weighted by molar-refractivity contribution is 5.88. The van der Waals surface area contributed by atoms with E-state index in [-0.39, 0.29) is 12.2 Å². The minimum absolute atomic E-state index is 0.253. The number of piperidine rings is 1. The molecule has 0 unspecified atom stereocenters. The summed E-state index contributed by atoms with van der Waals surface area (Å²) in [6, 6.07) is 6.85. The van der Waals surface area contributed by atoms with E-state index in [0.717, 1.165) is 25.8 Å². The molecule has 3 atom stereocenters. The minimum atomic E-state index is -0.262. The summed E-state index contributed by atoms with van der Waals surface area (Å²) in [5.41, 5.74) is 3.65.